The third kappa shape index (κ3) is 3.19. The standard InChI is InChI=1S/C14H21N3O3/c1-14(2,3)20-13(19)17-7-10(11(18)8-17)9-5-4-6-16-12(9)15/h4-6,10-11,18H,7-8H2,1-3H3,(H2,15,16)/t10-,11+/m1/s1. The topological polar surface area (TPSA) is 88.7 Å². The largest absolute Gasteiger partial charge is 0.444 e. The number of β-amino-alcohol motifs (C(OH)–C–C–N with tert-alkyl or cyclic N) is 1. The number of nitrogens with two attached hydrogens (primary N) is 1. The lowest BCUT2D eigenvalue weighted by atomic mass is 9.97. The van der Waals surface area contributed by atoms with Crippen molar-refractivity contribution in [1.82, 2.24) is 9.88 Å². The van der Waals surface area contributed by atoms with Crippen LogP contribution in [0.15, 0.2) is 18.3 Å². The lowest BCUT2D eigenvalue weighted by molar-refractivity contribution is 0.0270. The van der Waals surface area contributed by atoms with E-state index in [9.17, 15) is 9.90 Å². The molecule has 0 aromatic carbocycles. The number of aliphatic hydroxyl groups excluding tert-OH is 1. The summed E-state index contributed by atoms with van der Waals surface area (Å²) in [5, 5.41) is 10.2. The van der Waals surface area contributed by atoms with Gasteiger partial charge in [0.2, 0.25) is 0 Å². The van der Waals surface area contributed by atoms with Crippen molar-refractivity contribution < 1.29 is 14.6 Å². The monoisotopic (exact) mass is 279 g/mol. The molecule has 0 bridgehead atoms. The van der Waals surface area contributed by atoms with Gasteiger partial charge in [0.1, 0.15) is 11.4 Å². The molecule has 1 saturated heterocycles. The van der Waals surface area contributed by atoms with Gasteiger partial charge in [-0.1, -0.05) is 6.07 Å². The van der Waals surface area contributed by atoms with Crippen molar-refractivity contribution in [2.45, 2.75) is 38.4 Å². The van der Waals surface area contributed by atoms with Crippen LogP contribution in [0.1, 0.15) is 32.3 Å². The molecule has 1 aliphatic rings. The summed E-state index contributed by atoms with van der Waals surface area (Å²) in [6.45, 7) is 6.07. The first kappa shape index (κ1) is 14.6. The van der Waals surface area contributed by atoms with E-state index in [1.165, 1.54) is 4.90 Å². The van der Waals surface area contributed by atoms with Crippen LogP contribution in [0.3, 0.4) is 0 Å². The van der Waals surface area contributed by atoms with Crippen LogP contribution in [0, 0.1) is 0 Å². The van der Waals surface area contributed by atoms with E-state index in [0.717, 1.165) is 5.56 Å². The summed E-state index contributed by atoms with van der Waals surface area (Å²) in [6.07, 6.45) is 0.529. The van der Waals surface area contributed by atoms with Crippen LogP contribution in [-0.2, 0) is 4.74 Å². The SMILES string of the molecule is CC(C)(C)OC(=O)N1C[C@H](c2cccnc2N)[C@@H](O)C1. The summed E-state index contributed by atoms with van der Waals surface area (Å²) in [7, 11) is 0. The Hall–Kier alpha value is -1.82. The molecule has 0 radical (unpaired) electrons. The number of pyridine rings is 1. The summed E-state index contributed by atoms with van der Waals surface area (Å²) in [6, 6.07) is 3.60. The van der Waals surface area contributed by atoms with Crippen LogP contribution in [0.4, 0.5) is 10.6 Å². The number of aromatic nitrogens is 1. The second-order valence-electron chi connectivity index (χ2n) is 6.04. The minimum Gasteiger partial charge on any atom is -0.444 e. The molecular formula is C14H21N3O3. The number of carbonyl (C=O) groups excluding carboxylic acids is 1. The summed E-state index contributed by atoms with van der Waals surface area (Å²) in [5.41, 5.74) is 6.05. The molecule has 3 N–H and O–H groups in total. The first-order valence-electron chi connectivity index (χ1n) is 6.64. The fourth-order valence-electron chi connectivity index (χ4n) is 2.31. The fourth-order valence-corrected chi connectivity index (χ4v) is 2.31. The second kappa shape index (κ2) is 5.28. The van der Waals surface area contributed by atoms with Gasteiger partial charge in [0.25, 0.3) is 0 Å². The minimum atomic E-state index is -0.658. The van der Waals surface area contributed by atoms with Crippen LogP contribution in [-0.4, -0.2) is 45.9 Å². The van der Waals surface area contributed by atoms with E-state index in [2.05, 4.69) is 4.98 Å². The lowest BCUT2D eigenvalue weighted by Gasteiger charge is -2.24. The Bertz CT molecular complexity index is 499. The van der Waals surface area contributed by atoms with E-state index in [1.807, 2.05) is 26.8 Å². The molecule has 20 heavy (non-hydrogen) atoms. The first-order chi connectivity index (χ1) is 9.28. The van der Waals surface area contributed by atoms with E-state index >= 15 is 0 Å². The van der Waals surface area contributed by atoms with Gasteiger partial charge < -0.3 is 20.5 Å². The van der Waals surface area contributed by atoms with Gasteiger partial charge in [-0.3, -0.25) is 0 Å². The van der Waals surface area contributed by atoms with Crippen molar-refractivity contribution in [1.29, 1.82) is 0 Å². The number of nitrogens with zero attached hydrogens (tertiary/aromatic N) is 2. The maximum Gasteiger partial charge on any atom is 0.410 e. The minimum absolute atomic E-state index is 0.226. The molecule has 0 spiro atoms. The van der Waals surface area contributed by atoms with Crippen molar-refractivity contribution in [3.8, 4) is 0 Å². The highest BCUT2D eigenvalue weighted by molar-refractivity contribution is 5.69. The molecule has 110 valence electrons. The number of amides is 1. The number of anilines is 1. The van der Waals surface area contributed by atoms with Gasteiger partial charge in [0, 0.05) is 24.2 Å². The Morgan fingerprint density at radius 2 is 2.20 bits per heavy atom. The predicted molar refractivity (Wildman–Crippen MR) is 75.2 cm³/mol. The normalized spacial score (nSPS) is 22.9. The molecule has 0 aliphatic carbocycles. The second-order valence-corrected chi connectivity index (χ2v) is 6.04. The molecule has 2 atom stereocenters. The number of hydrogen-bond acceptors (Lipinski definition) is 5. The van der Waals surface area contributed by atoms with E-state index in [0.29, 0.717) is 12.4 Å². The molecule has 1 aliphatic heterocycles. The average Bonchev–Trinajstić information content (AvgIpc) is 2.70. The highest BCUT2D eigenvalue weighted by atomic mass is 16.6. The molecular weight excluding hydrogens is 258 g/mol. The summed E-state index contributed by atoms with van der Waals surface area (Å²) in [5.74, 6) is 0.166. The number of rotatable bonds is 1. The molecule has 0 unspecified atom stereocenters. The number of aliphatic hydroxyl groups is 1. The smallest absolute Gasteiger partial charge is 0.410 e. The molecule has 0 saturated carbocycles. The number of carbonyl (C=O) groups is 1. The maximum absolute atomic E-state index is 12.0. The number of likely N-dealkylation sites (tertiary alicyclic amines) is 1. The zero-order valence-corrected chi connectivity index (χ0v) is 12.0. The van der Waals surface area contributed by atoms with Crippen molar-refractivity contribution in [2.24, 2.45) is 0 Å². The number of hydrogen-bond donors (Lipinski definition) is 2. The molecule has 2 heterocycles. The van der Waals surface area contributed by atoms with E-state index < -0.39 is 17.8 Å². The third-order valence-electron chi connectivity index (χ3n) is 3.21. The zero-order chi connectivity index (χ0) is 14.9. The zero-order valence-electron chi connectivity index (χ0n) is 12.0. The summed E-state index contributed by atoms with van der Waals surface area (Å²) >= 11 is 0. The quantitative estimate of drug-likeness (QED) is 0.810. The highest BCUT2D eigenvalue weighted by Gasteiger charge is 2.37. The Kier molecular flexibility index (Phi) is 3.85. The van der Waals surface area contributed by atoms with Gasteiger partial charge in [-0.15, -0.1) is 0 Å². The van der Waals surface area contributed by atoms with E-state index in [-0.39, 0.29) is 12.5 Å². The Balaban J connectivity index is 2.10. The van der Waals surface area contributed by atoms with Crippen LogP contribution < -0.4 is 5.73 Å². The summed E-state index contributed by atoms with van der Waals surface area (Å²) < 4.78 is 5.31. The Morgan fingerprint density at radius 3 is 2.80 bits per heavy atom. The highest BCUT2D eigenvalue weighted by Crippen LogP contribution is 2.31. The lowest BCUT2D eigenvalue weighted by Crippen LogP contribution is -2.35. The van der Waals surface area contributed by atoms with Gasteiger partial charge in [0.05, 0.1) is 12.6 Å². The van der Waals surface area contributed by atoms with Gasteiger partial charge >= 0.3 is 6.09 Å². The molecule has 1 aromatic heterocycles. The van der Waals surface area contributed by atoms with E-state index in [1.54, 1.807) is 12.3 Å². The van der Waals surface area contributed by atoms with Crippen molar-refractivity contribution in [3.05, 3.63) is 23.9 Å². The Labute approximate surface area is 118 Å². The number of nitrogen functional groups attached to an aromatic ring is 1. The molecule has 6 heteroatoms. The van der Waals surface area contributed by atoms with Crippen LogP contribution >= 0.6 is 0 Å². The predicted octanol–water partition coefficient (Wildman–Crippen LogP) is 1.36. The van der Waals surface area contributed by atoms with Gasteiger partial charge in [-0.25, -0.2) is 9.78 Å². The van der Waals surface area contributed by atoms with E-state index in [4.69, 9.17) is 10.5 Å². The Morgan fingerprint density at radius 1 is 1.50 bits per heavy atom. The van der Waals surface area contributed by atoms with Crippen LogP contribution in [0.2, 0.25) is 0 Å². The van der Waals surface area contributed by atoms with Crippen LogP contribution in [0.25, 0.3) is 0 Å². The van der Waals surface area contributed by atoms with Crippen molar-refractivity contribution in [2.75, 3.05) is 18.8 Å². The molecule has 6 nitrogen and oxygen atoms in total. The number of ether oxygens (including phenoxy) is 1. The summed E-state index contributed by atoms with van der Waals surface area (Å²) in [4.78, 5) is 17.5. The molecule has 1 amide bonds. The van der Waals surface area contributed by atoms with Crippen molar-refractivity contribution in [3.63, 3.8) is 0 Å². The van der Waals surface area contributed by atoms with Crippen molar-refractivity contribution >= 4 is 11.9 Å². The molecule has 2 rings (SSSR count). The van der Waals surface area contributed by atoms with Gasteiger partial charge in [0.15, 0.2) is 0 Å². The van der Waals surface area contributed by atoms with Gasteiger partial charge in [-0.2, -0.15) is 0 Å². The maximum atomic E-state index is 12.0. The first-order valence-corrected chi connectivity index (χ1v) is 6.64. The molecule has 1 fully saturated rings. The third-order valence-corrected chi connectivity index (χ3v) is 3.21. The van der Waals surface area contributed by atoms with Gasteiger partial charge in [-0.05, 0) is 26.8 Å². The average molecular weight is 279 g/mol. The fraction of sp³-hybridized carbons (Fsp3) is 0.571. The molecule has 1 aromatic rings. The van der Waals surface area contributed by atoms with Crippen LogP contribution in [0.5, 0.6) is 0 Å².